The van der Waals surface area contributed by atoms with Crippen molar-refractivity contribution in [2.24, 2.45) is 11.8 Å². The van der Waals surface area contributed by atoms with Gasteiger partial charge in [-0.05, 0) is 23.1 Å². The fourth-order valence-electron chi connectivity index (χ4n) is 5.81. The van der Waals surface area contributed by atoms with Crippen LogP contribution in [0.2, 0.25) is 0 Å². The number of ketones is 1. The smallest absolute Gasteiger partial charge is 0.256 e. The van der Waals surface area contributed by atoms with E-state index in [0.29, 0.717) is 25.1 Å². The highest BCUT2D eigenvalue weighted by Crippen LogP contribution is 2.52. The fourth-order valence-corrected chi connectivity index (χ4v) is 5.81. The van der Waals surface area contributed by atoms with Crippen molar-refractivity contribution in [1.29, 1.82) is 0 Å². The van der Waals surface area contributed by atoms with Gasteiger partial charge in [0, 0.05) is 36.8 Å². The van der Waals surface area contributed by atoms with Crippen LogP contribution >= 0.6 is 0 Å². The molecule has 1 saturated heterocycles. The Balaban J connectivity index is 1.54. The molecule has 2 aliphatic rings. The molecule has 4 heteroatoms. The maximum Gasteiger partial charge on any atom is 0.256 e. The Morgan fingerprint density at radius 3 is 1.94 bits per heavy atom. The molecule has 1 amide bonds. The van der Waals surface area contributed by atoms with Gasteiger partial charge in [0.05, 0.1) is 0 Å². The summed E-state index contributed by atoms with van der Waals surface area (Å²) in [5.74, 6) is -0.355. The van der Waals surface area contributed by atoms with E-state index in [-0.39, 0.29) is 28.9 Å². The summed E-state index contributed by atoms with van der Waals surface area (Å²) in [4.78, 5) is 28.0. The van der Waals surface area contributed by atoms with Gasteiger partial charge in [-0.1, -0.05) is 91.0 Å². The van der Waals surface area contributed by atoms with Gasteiger partial charge < -0.3 is 10.0 Å². The van der Waals surface area contributed by atoms with E-state index in [1.807, 2.05) is 54.6 Å². The van der Waals surface area contributed by atoms with E-state index >= 15 is 0 Å². The standard InChI is InChI=1S/C28H27NO3/c30-25-16-17-28(21-12-6-2-7-13-21,22-14-8-3-9-15-22)24-19-29(18-23(24)25)27(32)26(31)20-10-4-1-5-11-20/h1-15,23-24,26,31H,16-19H2/t23-,24+,26-/m0/s1. The lowest BCUT2D eigenvalue weighted by molar-refractivity contribution is -0.139. The largest absolute Gasteiger partial charge is 0.378 e. The summed E-state index contributed by atoms with van der Waals surface area (Å²) in [7, 11) is 0. The molecule has 4 nitrogen and oxygen atoms in total. The molecule has 32 heavy (non-hydrogen) atoms. The molecular formula is C28H27NO3. The monoisotopic (exact) mass is 425 g/mol. The average Bonchev–Trinajstić information content (AvgIpc) is 3.32. The Hall–Kier alpha value is -3.24. The van der Waals surface area contributed by atoms with Crippen molar-refractivity contribution in [2.45, 2.75) is 24.4 Å². The molecule has 1 aliphatic carbocycles. The van der Waals surface area contributed by atoms with Crippen LogP contribution in [0.25, 0.3) is 0 Å². The van der Waals surface area contributed by atoms with Crippen LogP contribution in [0.15, 0.2) is 91.0 Å². The van der Waals surface area contributed by atoms with Crippen LogP contribution in [0.4, 0.5) is 0 Å². The molecule has 0 bridgehead atoms. The van der Waals surface area contributed by atoms with Crippen molar-refractivity contribution >= 4 is 11.7 Å². The number of aliphatic hydroxyl groups is 1. The van der Waals surface area contributed by atoms with Crippen molar-refractivity contribution in [3.63, 3.8) is 0 Å². The third-order valence-corrected chi connectivity index (χ3v) is 7.37. The zero-order valence-electron chi connectivity index (χ0n) is 17.9. The summed E-state index contributed by atoms with van der Waals surface area (Å²) in [6.07, 6.45) is 0.00715. The topological polar surface area (TPSA) is 57.6 Å². The Morgan fingerprint density at radius 1 is 0.844 bits per heavy atom. The molecule has 1 saturated carbocycles. The lowest BCUT2D eigenvalue weighted by atomic mass is 9.56. The summed E-state index contributed by atoms with van der Waals surface area (Å²) in [6, 6.07) is 29.8. The van der Waals surface area contributed by atoms with Gasteiger partial charge in [-0.2, -0.15) is 0 Å². The van der Waals surface area contributed by atoms with Gasteiger partial charge in [0.15, 0.2) is 6.10 Å². The molecule has 1 aliphatic heterocycles. The highest BCUT2D eigenvalue weighted by Gasteiger charge is 2.55. The molecule has 162 valence electrons. The molecule has 2 fully saturated rings. The predicted molar refractivity (Wildman–Crippen MR) is 123 cm³/mol. The molecular weight excluding hydrogens is 398 g/mol. The maximum absolute atomic E-state index is 13.2. The van der Waals surface area contributed by atoms with Crippen LogP contribution in [-0.4, -0.2) is 34.8 Å². The first-order valence-electron chi connectivity index (χ1n) is 11.3. The van der Waals surface area contributed by atoms with E-state index in [9.17, 15) is 14.7 Å². The first kappa shape index (κ1) is 20.7. The van der Waals surface area contributed by atoms with Crippen molar-refractivity contribution in [3.05, 3.63) is 108 Å². The number of amides is 1. The van der Waals surface area contributed by atoms with Gasteiger partial charge in [-0.15, -0.1) is 0 Å². The Bertz CT molecular complexity index is 1060. The molecule has 3 aromatic carbocycles. The zero-order valence-corrected chi connectivity index (χ0v) is 17.9. The number of carbonyl (C=O) groups is 2. The van der Waals surface area contributed by atoms with Crippen LogP contribution in [0.1, 0.15) is 35.6 Å². The number of aliphatic hydroxyl groups excluding tert-OH is 1. The van der Waals surface area contributed by atoms with Gasteiger partial charge in [0.1, 0.15) is 5.78 Å². The van der Waals surface area contributed by atoms with Crippen molar-refractivity contribution in [2.75, 3.05) is 13.1 Å². The minimum atomic E-state index is -1.21. The second-order valence-corrected chi connectivity index (χ2v) is 8.94. The molecule has 0 aromatic heterocycles. The first-order valence-corrected chi connectivity index (χ1v) is 11.3. The summed E-state index contributed by atoms with van der Waals surface area (Å²) in [5.41, 5.74) is 2.61. The second kappa shape index (κ2) is 8.36. The summed E-state index contributed by atoms with van der Waals surface area (Å²) in [5, 5.41) is 10.7. The lowest BCUT2D eigenvalue weighted by Gasteiger charge is -2.45. The molecule has 3 aromatic rings. The average molecular weight is 426 g/mol. The molecule has 0 radical (unpaired) electrons. The molecule has 1 heterocycles. The Labute approximate surface area is 188 Å². The van der Waals surface area contributed by atoms with E-state index in [2.05, 4.69) is 24.3 Å². The highest BCUT2D eigenvalue weighted by atomic mass is 16.3. The van der Waals surface area contributed by atoms with Crippen LogP contribution in [0.3, 0.4) is 0 Å². The van der Waals surface area contributed by atoms with Crippen LogP contribution in [0.5, 0.6) is 0 Å². The van der Waals surface area contributed by atoms with Crippen molar-refractivity contribution in [1.82, 2.24) is 4.90 Å². The highest BCUT2D eigenvalue weighted by molar-refractivity contribution is 5.87. The minimum absolute atomic E-state index is 0.0273. The third kappa shape index (κ3) is 3.35. The predicted octanol–water partition coefficient (Wildman–Crippen LogP) is 4.14. The van der Waals surface area contributed by atoms with Crippen molar-refractivity contribution in [3.8, 4) is 0 Å². The first-order chi connectivity index (χ1) is 15.6. The molecule has 1 N–H and O–H groups in total. The SMILES string of the molecule is O=C1CCC(c2ccccc2)(c2ccccc2)[C@@H]2CN(C(=O)[C@@H](O)c3ccccc3)C[C@H]12. The van der Waals surface area contributed by atoms with E-state index in [1.165, 1.54) is 11.1 Å². The van der Waals surface area contributed by atoms with E-state index in [0.717, 1.165) is 6.42 Å². The quantitative estimate of drug-likeness (QED) is 0.683. The number of fused-ring (bicyclic) bond motifs is 1. The maximum atomic E-state index is 13.2. The van der Waals surface area contributed by atoms with Gasteiger partial charge in [-0.25, -0.2) is 0 Å². The van der Waals surface area contributed by atoms with E-state index in [1.54, 1.807) is 17.0 Å². The number of benzene rings is 3. The number of rotatable bonds is 4. The number of Topliss-reactive ketones (excluding diaryl/α,β-unsaturated/α-hetero) is 1. The van der Waals surface area contributed by atoms with Crippen molar-refractivity contribution < 1.29 is 14.7 Å². The summed E-state index contributed by atoms with van der Waals surface area (Å²) < 4.78 is 0. The van der Waals surface area contributed by atoms with E-state index < -0.39 is 6.10 Å². The zero-order chi connectivity index (χ0) is 22.1. The number of hydrogen-bond acceptors (Lipinski definition) is 3. The van der Waals surface area contributed by atoms with Gasteiger partial charge in [-0.3, -0.25) is 9.59 Å². The third-order valence-electron chi connectivity index (χ3n) is 7.37. The summed E-state index contributed by atoms with van der Waals surface area (Å²) in [6.45, 7) is 0.830. The Kier molecular flexibility index (Phi) is 5.40. The number of nitrogens with zero attached hydrogens (tertiary/aromatic N) is 1. The number of carbonyl (C=O) groups excluding carboxylic acids is 2. The van der Waals surface area contributed by atoms with E-state index in [4.69, 9.17) is 0 Å². The van der Waals surface area contributed by atoms with Gasteiger partial charge in [0.25, 0.3) is 5.91 Å². The Morgan fingerprint density at radius 2 is 1.38 bits per heavy atom. The van der Waals surface area contributed by atoms with Crippen LogP contribution in [0, 0.1) is 11.8 Å². The fraction of sp³-hybridized carbons (Fsp3) is 0.286. The molecule has 0 spiro atoms. The van der Waals surface area contributed by atoms with Gasteiger partial charge in [0.2, 0.25) is 0 Å². The van der Waals surface area contributed by atoms with Crippen LogP contribution < -0.4 is 0 Å². The van der Waals surface area contributed by atoms with Gasteiger partial charge >= 0.3 is 0 Å². The molecule has 5 rings (SSSR count). The lowest BCUT2D eigenvalue weighted by Crippen LogP contribution is -2.47. The molecule has 3 atom stereocenters. The number of hydrogen-bond donors (Lipinski definition) is 1. The molecule has 0 unspecified atom stereocenters. The summed E-state index contributed by atoms with van der Waals surface area (Å²) >= 11 is 0. The second-order valence-electron chi connectivity index (χ2n) is 8.94. The normalized spacial score (nSPS) is 22.9. The minimum Gasteiger partial charge on any atom is -0.378 e. The van der Waals surface area contributed by atoms with Crippen LogP contribution in [-0.2, 0) is 15.0 Å². The number of likely N-dealkylation sites (tertiary alicyclic amines) is 1.